The molecule has 3 N–H and O–H groups in total. The summed E-state index contributed by atoms with van der Waals surface area (Å²) in [6, 6.07) is 1.48. The second-order valence-corrected chi connectivity index (χ2v) is 7.01. The molecule has 0 atom stereocenters. The molecule has 4 aliphatic carbocycles. The zero-order chi connectivity index (χ0) is 13.7. The fraction of sp³-hybridized carbons (Fsp3) is 0.733. The summed E-state index contributed by atoms with van der Waals surface area (Å²) in [5.74, 6) is 2.75. The SMILES string of the molecule is Nc1nc(COC23CC4CC(CC(C4)C2)C3)cc(=O)[nH]1. The average Bonchev–Trinajstić information content (AvgIpc) is 2.34. The van der Waals surface area contributed by atoms with Crippen molar-refractivity contribution in [2.75, 3.05) is 5.73 Å². The van der Waals surface area contributed by atoms with Crippen molar-refractivity contribution in [1.82, 2.24) is 9.97 Å². The number of hydrogen-bond donors (Lipinski definition) is 2. The molecule has 0 saturated heterocycles. The van der Waals surface area contributed by atoms with Crippen molar-refractivity contribution < 1.29 is 4.74 Å². The average molecular weight is 275 g/mol. The molecule has 4 aliphatic rings. The lowest BCUT2D eigenvalue weighted by Crippen LogP contribution is -2.51. The Morgan fingerprint density at radius 1 is 1.25 bits per heavy atom. The number of anilines is 1. The van der Waals surface area contributed by atoms with E-state index in [-0.39, 0.29) is 17.1 Å². The minimum atomic E-state index is -0.207. The summed E-state index contributed by atoms with van der Waals surface area (Å²) in [5.41, 5.74) is 6.06. The highest BCUT2D eigenvalue weighted by Gasteiger charge is 2.51. The van der Waals surface area contributed by atoms with Crippen molar-refractivity contribution in [3.63, 3.8) is 0 Å². The van der Waals surface area contributed by atoms with Gasteiger partial charge in [0.25, 0.3) is 5.56 Å². The van der Waals surface area contributed by atoms with E-state index in [2.05, 4.69) is 9.97 Å². The molecule has 4 bridgehead atoms. The first-order valence-electron chi connectivity index (χ1n) is 7.60. The van der Waals surface area contributed by atoms with Gasteiger partial charge in [-0.3, -0.25) is 9.78 Å². The summed E-state index contributed by atoms with van der Waals surface area (Å²) in [6.07, 6.45) is 7.78. The Hall–Kier alpha value is -1.36. The first-order chi connectivity index (χ1) is 9.60. The van der Waals surface area contributed by atoms with Gasteiger partial charge in [0.05, 0.1) is 17.9 Å². The number of rotatable bonds is 3. The molecule has 0 aliphatic heterocycles. The van der Waals surface area contributed by atoms with Crippen LogP contribution < -0.4 is 11.3 Å². The van der Waals surface area contributed by atoms with Crippen LogP contribution in [0.2, 0.25) is 0 Å². The summed E-state index contributed by atoms with van der Waals surface area (Å²) >= 11 is 0. The Labute approximate surface area is 117 Å². The number of nitrogens with two attached hydrogens (primary N) is 1. The van der Waals surface area contributed by atoms with Gasteiger partial charge in [-0.15, -0.1) is 0 Å². The topological polar surface area (TPSA) is 81.0 Å². The van der Waals surface area contributed by atoms with Crippen molar-refractivity contribution in [3.05, 3.63) is 22.1 Å². The lowest BCUT2D eigenvalue weighted by Gasteiger charge is -2.56. The monoisotopic (exact) mass is 275 g/mol. The van der Waals surface area contributed by atoms with Gasteiger partial charge in [-0.2, -0.15) is 0 Å². The molecule has 20 heavy (non-hydrogen) atoms. The van der Waals surface area contributed by atoms with E-state index < -0.39 is 0 Å². The number of nitrogens with one attached hydrogen (secondary N) is 1. The zero-order valence-electron chi connectivity index (χ0n) is 11.6. The normalized spacial score (nSPS) is 38.3. The van der Waals surface area contributed by atoms with E-state index in [4.69, 9.17) is 10.5 Å². The lowest BCUT2D eigenvalue weighted by molar-refractivity contribution is -0.169. The molecule has 1 aromatic rings. The molecule has 0 unspecified atom stereocenters. The molecule has 0 spiro atoms. The Morgan fingerprint density at radius 2 is 1.85 bits per heavy atom. The Balaban J connectivity index is 1.50. The molecule has 1 aromatic heterocycles. The first kappa shape index (κ1) is 12.4. The van der Waals surface area contributed by atoms with Crippen molar-refractivity contribution in [3.8, 4) is 0 Å². The van der Waals surface area contributed by atoms with Crippen LogP contribution in [0.25, 0.3) is 0 Å². The maximum absolute atomic E-state index is 11.4. The van der Waals surface area contributed by atoms with Gasteiger partial charge in [0, 0.05) is 6.07 Å². The fourth-order valence-corrected chi connectivity index (χ4v) is 5.04. The molecule has 5 heteroatoms. The van der Waals surface area contributed by atoms with Crippen LogP contribution in [0.15, 0.2) is 10.9 Å². The smallest absolute Gasteiger partial charge is 0.252 e. The minimum absolute atomic E-state index is 0.0494. The third kappa shape index (κ3) is 2.14. The van der Waals surface area contributed by atoms with Crippen LogP contribution in [0.5, 0.6) is 0 Å². The molecular formula is C15H21N3O2. The number of aromatic amines is 1. The molecule has 4 saturated carbocycles. The number of ether oxygens (including phenoxy) is 1. The van der Waals surface area contributed by atoms with Gasteiger partial charge in [0.1, 0.15) is 0 Å². The summed E-state index contributed by atoms with van der Waals surface area (Å²) in [7, 11) is 0. The van der Waals surface area contributed by atoms with E-state index in [1.165, 1.54) is 44.6 Å². The van der Waals surface area contributed by atoms with Gasteiger partial charge in [-0.1, -0.05) is 0 Å². The van der Waals surface area contributed by atoms with E-state index in [9.17, 15) is 4.79 Å². The maximum atomic E-state index is 11.4. The van der Waals surface area contributed by atoms with E-state index in [1.807, 2.05) is 0 Å². The van der Waals surface area contributed by atoms with Crippen LogP contribution >= 0.6 is 0 Å². The number of H-pyrrole nitrogens is 1. The van der Waals surface area contributed by atoms with Crippen molar-refractivity contribution >= 4 is 5.95 Å². The second-order valence-electron chi connectivity index (χ2n) is 7.01. The Bertz CT molecular complexity index is 545. The second kappa shape index (κ2) is 4.32. The minimum Gasteiger partial charge on any atom is -0.369 e. The molecule has 0 amide bonds. The van der Waals surface area contributed by atoms with Crippen LogP contribution in [0.1, 0.15) is 44.2 Å². The molecule has 108 valence electrons. The van der Waals surface area contributed by atoms with Crippen molar-refractivity contribution in [2.24, 2.45) is 17.8 Å². The van der Waals surface area contributed by atoms with E-state index in [0.29, 0.717) is 12.3 Å². The molecule has 4 fully saturated rings. The van der Waals surface area contributed by atoms with Gasteiger partial charge in [0.15, 0.2) is 0 Å². The van der Waals surface area contributed by atoms with Crippen molar-refractivity contribution in [2.45, 2.75) is 50.7 Å². The molecule has 0 aromatic carbocycles. The summed E-state index contributed by atoms with van der Waals surface area (Å²) < 4.78 is 6.27. The van der Waals surface area contributed by atoms with Gasteiger partial charge in [0.2, 0.25) is 5.95 Å². The highest BCUT2D eigenvalue weighted by Crippen LogP contribution is 2.57. The largest absolute Gasteiger partial charge is 0.369 e. The number of nitrogens with zero attached hydrogens (tertiary/aromatic N) is 1. The van der Waals surface area contributed by atoms with Crippen LogP contribution in [0, 0.1) is 17.8 Å². The van der Waals surface area contributed by atoms with Gasteiger partial charge < -0.3 is 10.5 Å². The highest BCUT2D eigenvalue weighted by atomic mass is 16.5. The van der Waals surface area contributed by atoms with E-state index >= 15 is 0 Å². The fourth-order valence-electron chi connectivity index (χ4n) is 5.04. The number of aromatic nitrogens is 2. The van der Waals surface area contributed by atoms with Crippen molar-refractivity contribution in [1.29, 1.82) is 0 Å². The van der Waals surface area contributed by atoms with Crippen LogP contribution in [-0.4, -0.2) is 15.6 Å². The predicted octanol–water partition coefficient (Wildman–Crippen LogP) is 1.84. The standard InChI is InChI=1S/C15H21N3O2/c16-14-17-12(4-13(19)18-14)8-20-15-5-9-1-10(6-15)3-11(2-9)7-15/h4,9-11H,1-3,5-8H2,(H3,16,17,18,19). The van der Waals surface area contributed by atoms with Crippen LogP contribution in [0.4, 0.5) is 5.95 Å². The summed E-state index contributed by atoms with van der Waals surface area (Å²) in [5, 5.41) is 0. The number of nitrogen functional groups attached to an aromatic ring is 1. The molecule has 1 heterocycles. The first-order valence-corrected chi connectivity index (χ1v) is 7.60. The van der Waals surface area contributed by atoms with Gasteiger partial charge in [-0.25, -0.2) is 4.98 Å². The van der Waals surface area contributed by atoms with Crippen LogP contribution in [-0.2, 0) is 11.3 Å². The molecule has 0 radical (unpaired) electrons. The maximum Gasteiger partial charge on any atom is 0.252 e. The van der Waals surface area contributed by atoms with E-state index in [1.54, 1.807) is 0 Å². The molecular weight excluding hydrogens is 254 g/mol. The Morgan fingerprint density at radius 3 is 2.40 bits per heavy atom. The molecule has 5 rings (SSSR count). The van der Waals surface area contributed by atoms with Gasteiger partial charge in [-0.05, 0) is 56.3 Å². The zero-order valence-corrected chi connectivity index (χ0v) is 11.6. The van der Waals surface area contributed by atoms with Gasteiger partial charge >= 0.3 is 0 Å². The lowest BCUT2D eigenvalue weighted by atomic mass is 9.54. The third-order valence-corrected chi connectivity index (χ3v) is 5.32. The third-order valence-electron chi connectivity index (χ3n) is 5.32. The predicted molar refractivity (Wildman–Crippen MR) is 75.0 cm³/mol. The Kier molecular flexibility index (Phi) is 2.67. The highest BCUT2D eigenvalue weighted by molar-refractivity contribution is 5.17. The van der Waals surface area contributed by atoms with Crippen LogP contribution in [0.3, 0.4) is 0 Å². The summed E-state index contributed by atoms with van der Waals surface area (Å²) in [4.78, 5) is 18.0. The number of hydrogen-bond acceptors (Lipinski definition) is 4. The molecule has 5 nitrogen and oxygen atoms in total. The van der Waals surface area contributed by atoms with E-state index in [0.717, 1.165) is 17.8 Å². The summed E-state index contributed by atoms with van der Waals surface area (Å²) in [6.45, 7) is 0.403. The quantitative estimate of drug-likeness (QED) is 0.882.